The van der Waals surface area contributed by atoms with Gasteiger partial charge in [0.2, 0.25) is 0 Å². The molecule has 0 radical (unpaired) electrons. The molecular formula is C19H14N2O2S2. The van der Waals surface area contributed by atoms with Crippen molar-refractivity contribution in [2.24, 2.45) is 0 Å². The number of carboxylic acids is 1. The van der Waals surface area contributed by atoms with E-state index in [1.54, 1.807) is 35.6 Å². The Morgan fingerprint density at radius 1 is 1.28 bits per heavy atom. The van der Waals surface area contributed by atoms with Gasteiger partial charge in [0.15, 0.2) is 0 Å². The molecule has 0 saturated heterocycles. The van der Waals surface area contributed by atoms with Gasteiger partial charge >= 0.3 is 5.97 Å². The van der Waals surface area contributed by atoms with Gasteiger partial charge in [0.25, 0.3) is 0 Å². The summed E-state index contributed by atoms with van der Waals surface area (Å²) in [6, 6.07) is 16.9. The van der Waals surface area contributed by atoms with Crippen LogP contribution in [-0.4, -0.2) is 16.1 Å². The molecule has 124 valence electrons. The second kappa shape index (κ2) is 7.51. The minimum Gasteiger partial charge on any atom is -0.480 e. The van der Waals surface area contributed by atoms with E-state index in [0.717, 1.165) is 27.9 Å². The first kappa shape index (κ1) is 17.2. The van der Waals surface area contributed by atoms with Crippen molar-refractivity contribution < 1.29 is 9.90 Å². The zero-order chi connectivity index (χ0) is 17.8. The largest absolute Gasteiger partial charge is 0.480 e. The first-order valence-corrected chi connectivity index (χ1v) is 9.26. The molecule has 6 heteroatoms. The van der Waals surface area contributed by atoms with Crippen molar-refractivity contribution in [3.63, 3.8) is 0 Å². The fraction of sp³-hybridized carbons (Fsp3) is 0.105. The van der Waals surface area contributed by atoms with Crippen LogP contribution in [0.2, 0.25) is 0 Å². The quantitative estimate of drug-likeness (QED) is 0.650. The SMILES string of the molecule is Cc1cc(-c2cccs2)nc(SC(C(=O)O)c2ccccc2)c1C#N. The fourth-order valence-corrected chi connectivity index (χ4v) is 4.19. The summed E-state index contributed by atoms with van der Waals surface area (Å²) in [5.41, 5.74) is 2.64. The first-order valence-electron chi connectivity index (χ1n) is 7.50. The number of thioether (sulfide) groups is 1. The van der Waals surface area contributed by atoms with E-state index in [4.69, 9.17) is 0 Å². The summed E-state index contributed by atoms with van der Waals surface area (Å²) in [6.45, 7) is 1.85. The van der Waals surface area contributed by atoms with E-state index in [-0.39, 0.29) is 0 Å². The molecule has 0 saturated carbocycles. The molecule has 4 nitrogen and oxygen atoms in total. The predicted octanol–water partition coefficient (Wildman–Crippen LogP) is 4.91. The van der Waals surface area contributed by atoms with Gasteiger partial charge in [-0.05, 0) is 35.6 Å². The average Bonchev–Trinajstić information content (AvgIpc) is 3.14. The van der Waals surface area contributed by atoms with E-state index in [0.29, 0.717) is 16.2 Å². The molecule has 0 amide bonds. The lowest BCUT2D eigenvalue weighted by atomic mass is 10.1. The summed E-state index contributed by atoms with van der Waals surface area (Å²) in [7, 11) is 0. The Labute approximate surface area is 153 Å². The predicted molar refractivity (Wildman–Crippen MR) is 99.7 cm³/mol. The second-order valence-corrected chi connectivity index (χ2v) is 7.38. The summed E-state index contributed by atoms with van der Waals surface area (Å²) in [5, 5.41) is 20.7. The summed E-state index contributed by atoms with van der Waals surface area (Å²) in [6.07, 6.45) is 0. The lowest BCUT2D eigenvalue weighted by molar-refractivity contribution is -0.136. The number of rotatable bonds is 5. The molecule has 1 aromatic carbocycles. The summed E-state index contributed by atoms with van der Waals surface area (Å²) < 4.78 is 0. The van der Waals surface area contributed by atoms with Crippen LogP contribution < -0.4 is 0 Å². The van der Waals surface area contributed by atoms with Crippen LogP contribution in [0.4, 0.5) is 0 Å². The van der Waals surface area contributed by atoms with Crippen LogP contribution in [0, 0.1) is 18.3 Å². The fourth-order valence-electron chi connectivity index (χ4n) is 2.42. The molecule has 0 aliphatic rings. The Hall–Kier alpha value is -2.62. The minimum atomic E-state index is -0.957. The normalized spacial score (nSPS) is 11.7. The van der Waals surface area contributed by atoms with Crippen molar-refractivity contribution in [3.05, 3.63) is 70.6 Å². The first-order chi connectivity index (χ1) is 12.1. The van der Waals surface area contributed by atoms with Gasteiger partial charge in [-0.3, -0.25) is 4.79 Å². The molecule has 1 unspecified atom stereocenters. The van der Waals surface area contributed by atoms with Gasteiger partial charge in [0.05, 0.1) is 16.1 Å². The Kier molecular flexibility index (Phi) is 5.17. The number of aromatic nitrogens is 1. The molecule has 0 fully saturated rings. The van der Waals surface area contributed by atoms with Gasteiger partial charge in [-0.2, -0.15) is 5.26 Å². The van der Waals surface area contributed by atoms with Crippen LogP contribution in [0.1, 0.15) is 21.9 Å². The van der Waals surface area contributed by atoms with Crippen molar-refractivity contribution in [3.8, 4) is 16.6 Å². The minimum absolute atomic E-state index is 0.424. The Balaban J connectivity index is 2.06. The number of pyridine rings is 1. The number of benzene rings is 1. The molecule has 0 aliphatic carbocycles. The third-order valence-electron chi connectivity index (χ3n) is 3.62. The summed E-state index contributed by atoms with van der Waals surface area (Å²) in [4.78, 5) is 17.3. The van der Waals surface area contributed by atoms with Gasteiger partial charge < -0.3 is 5.11 Å². The summed E-state index contributed by atoms with van der Waals surface area (Å²) in [5.74, 6) is -0.957. The highest BCUT2D eigenvalue weighted by molar-refractivity contribution is 8.00. The molecule has 3 aromatic rings. The van der Waals surface area contributed by atoms with Crippen molar-refractivity contribution in [2.45, 2.75) is 17.2 Å². The average molecular weight is 366 g/mol. The number of nitrogens with zero attached hydrogens (tertiary/aromatic N) is 2. The van der Waals surface area contributed by atoms with Crippen molar-refractivity contribution in [1.29, 1.82) is 5.26 Å². The molecule has 0 spiro atoms. The second-order valence-electron chi connectivity index (χ2n) is 5.34. The monoisotopic (exact) mass is 366 g/mol. The van der Waals surface area contributed by atoms with Crippen molar-refractivity contribution >= 4 is 29.1 Å². The van der Waals surface area contributed by atoms with Crippen molar-refractivity contribution in [2.75, 3.05) is 0 Å². The van der Waals surface area contributed by atoms with Gasteiger partial charge in [0, 0.05) is 0 Å². The maximum Gasteiger partial charge on any atom is 0.321 e. The standard InChI is InChI=1S/C19H14N2O2S2/c1-12-10-15(16-8-5-9-24-16)21-18(14(12)11-20)25-17(19(22)23)13-6-3-2-4-7-13/h2-10,17H,1H3,(H,22,23). The maximum absolute atomic E-state index is 11.8. The molecule has 3 rings (SSSR count). The number of aliphatic carboxylic acids is 1. The number of hydrogen-bond acceptors (Lipinski definition) is 5. The third-order valence-corrected chi connectivity index (χ3v) is 5.75. The Morgan fingerprint density at radius 2 is 2.04 bits per heavy atom. The van der Waals surface area contributed by atoms with E-state index in [1.807, 2.05) is 36.6 Å². The molecule has 1 atom stereocenters. The zero-order valence-electron chi connectivity index (χ0n) is 13.3. The molecule has 25 heavy (non-hydrogen) atoms. The van der Waals surface area contributed by atoms with Crippen LogP contribution in [0.3, 0.4) is 0 Å². The van der Waals surface area contributed by atoms with Crippen LogP contribution in [0.25, 0.3) is 10.6 Å². The lowest BCUT2D eigenvalue weighted by Crippen LogP contribution is -2.09. The smallest absolute Gasteiger partial charge is 0.321 e. The van der Waals surface area contributed by atoms with Gasteiger partial charge in [-0.15, -0.1) is 11.3 Å². The highest BCUT2D eigenvalue weighted by atomic mass is 32.2. The van der Waals surface area contributed by atoms with E-state index in [2.05, 4.69) is 11.1 Å². The Morgan fingerprint density at radius 3 is 2.64 bits per heavy atom. The number of thiophene rings is 1. The number of carboxylic acid groups (broad SMARTS) is 1. The van der Waals surface area contributed by atoms with Gasteiger partial charge in [-0.25, -0.2) is 4.98 Å². The van der Waals surface area contributed by atoms with E-state index < -0.39 is 11.2 Å². The van der Waals surface area contributed by atoms with E-state index in [1.165, 1.54) is 0 Å². The highest BCUT2D eigenvalue weighted by Gasteiger charge is 2.24. The highest BCUT2D eigenvalue weighted by Crippen LogP contribution is 2.38. The number of aryl methyl sites for hydroxylation is 1. The maximum atomic E-state index is 11.8. The summed E-state index contributed by atoms with van der Waals surface area (Å²) >= 11 is 2.66. The Bertz CT molecular complexity index is 932. The van der Waals surface area contributed by atoms with Crippen LogP contribution >= 0.6 is 23.1 Å². The van der Waals surface area contributed by atoms with Crippen LogP contribution in [0.15, 0.2) is 58.9 Å². The van der Waals surface area contributed by atoms with Crippen LogP contribution in [0.5, 0.6) is 0 Å². The van der Waals surface area contributed by atoms with Crippen LogP contribution in [-0.2, 0) is 4.79 Å². The molecule has 0 bridgehead atoms. The molecule has 1 N–H and O–H groups in total. The van der Waals surface area contributed by atoms with Gasteiger partial charge in [0.1, 0.15) is 16.3 Å². The van der Waals surface area contributed by atoms with E-state index in [9.17, 15) is 15.2 Å². The number of carbonyl (C=O) groups is 1. The van der Waals surface area contributed by atoms with Crippen molar-refractivity contribution in [1.82, 2.24) is 4.98 Å². The zero-order valence-corrected chi connectivity index (χ0v) is 15.0. The molecule has 0 aliphatic heterocycles. The molecule has 2 heterocycles. The van der Waals surface area contributed by atoms with Gasteiger partial charge in [-0.1, -0.05) is 48.2 Å². The number of nitriles is 1. The lowest BCUT2D eigenvalue weighted by Gasteiger charge is -2.14. The van der Waals surface area contributed by atoms with E-state index >= 15 is 0 Å². The third kappa shape index (κ3) is 3.73. The number of hydrogen-bond donors (Lipinski definition) is 1. The molecule has 2 aromatic heterocycles. The topological polar surface area (TPSA) is 74.0 Å². The molecular weight excluding hydrogens is 352 g/mol.